The first kappa shape index (κ1) is 12.9. The summed E-state index contributed by atoms with van der Waals surface area (Å²) in [5, 5.41) is 9.08. The highest BCUT2D eigenvalue weighted by Gasteiger charge is 2.24. The second kappa shape index (κ2) is 5.40. The first-order chi connectivity index (χ1) is 9.13. The Labute approximate surface area is 108 Å². The molecule has 0 radical (unpaired) electrons. The fourth-order valence-corrected chi connectivity index (χ4v) is 1.76. The number of carbonyl (C=O) groups is 1. The molecule has 0 aliphatic rings. The summed E-state index contributed by atoms with van der Waals surface area (Å²) < 4.78 is 26.4. The van der Waals surface area contributed by atoms with Gasteiger partial charge < -0.3 is 0 Å². The number of hydrogen-bond donors (Lipinski definition) is 0. The Bertz CT molecular complexity index is 644. The van der Waals surface area contributed by atoms with Crippen LogP contribution in [0.2, 0.25) is 0 Å². The van der Waals surface area contributed by atoms with E-state index >= 15 is 0 Å². The van der Waals surface area contributed by atoms with Gasteiger partial charge in [0.2, 0.25) is 0 Å². The predicted molar refractivity (Wildman–Crippen MR) is 65.5 cm³/mol. The number of nitriles is 1. The molecule has 94 valence electrons. The van der Waals surface area contributed by atoms with Gasteiger partial charge >= 0.3 is 0 Å². The maximum absolute atomic E-state index is 13.6. The van der Waals surface area contributed by atoms with Crippen LogP contribution in [0.15, 0.2) is 48.5 Å². The van der Waals surface area contributed by atoms with Crippen molar-refractivity contribution < 1.29 is 13.6 Å². The Morgan fingerprint density at radius 1 is 1.05 bits per heavy atom. The van der Waals surface area contributed by atoms with Gasteiger partial charge in [-0.3, -0.25) is 4.79 Å². The fraction of sp³-hybridized carbons (Fsp3) is 0.0667. The second-order valence-corrected chi connectivity index (χ2v) is 3.95. The van der Waals surface area contributed by atoms with Crippen LogP contribution >= 0.6 is 0 Å². The van der Waals surface area contributed by atoms with E-state index in [4.69, 9.17) is 5.26 Å². The van der Waals surface area contributed by atoms with Gasteiger partial charge in [0.05, 0.1) is 6.07 Å². The third kappa shape index (κ3) is 2.66. The van der Waals surface area contributed by atoms with Crippen molar-refractivity contribution in [3.8, 4) is 6.07 Å². The molecule has 2 nitrogen and oxygen atoms in total. The summed E-state index contributed by atoms with van der Waals surface area (Å²) in [5.41, 5.74) is 0.204. The Morgan fingerprint density at radius 3 is 2.26 bits per heavy atom. The third-order valence-electron chi connectivity index (χ3n) is 2.74. The molecule has 1 atom stereocenters. The molecule has 0 amide bonds. The number of Topliss-reactive ketones (excluding diaryl/α,β-unsaturated/α-hetero) is 1. The normalized spacial score (nSPS) is 11.6. The number of nitrogens with zero attached hydrogens (tertiary/aromatic N) is 1. The van der Waals surface area contributed by atoms with Gasteiger partial charge in [0.1, 0.15) is 17.6 Å². The Balaban J connectivity index is 2.38. The van der Waals surface area contributed by atoms with Gasteiger partial charge in [0.15, 0.2) is 5.78 Å². The molecule has 0 saturated carbocycles. The van der Waals surface area contributed by atoms with Crippen molar-refractivity contribution in [3.63, 3.8) is 0 Å². The molecule has 4 heteroatoms. The molecule has 2 rings (SSSR count). The maximum Gasteiger partial charge on any atom is 0.184 e. The lowest BCUT2D eigenvalue weighted by Crippen LogP contribution is -2.12. The summed E-state index contributed by atoms with van der Waals surface area (Å²) in [7, 11) is 0. The number of ketones is 1. The van der Waals surface area contributed by atoms with Crippen LogP contribution in [0.5, 0.6) is 0 Å². The number of rotatable bonds is 3. The van der Waals surface area contributed by atoms with Crippen molar-refractivity contribution in [3.05, 3.63) is 71.3 Å². The van der Waals surface area contributed by atoms with Gasteiger partial charge in [0, 0.05) is 11.1 Å². The van der Waals surface area contributed by atoms with Gasteiger partial charge in [0.25, 0.3) is 0 Å². The van der Waals surface area contributed by atoms with Gasteiger partial charge in [-0.15, -0.1) is 0 Å². The largest absolute Gasteiger partial charge is 0.292 e. The summed E-state index contributed by atoms with van der Waals surface area (Å²) in [6.45, 7) is 0. The SMILES string of the molecule is N#CC(C(=O)c1ccc(F)cc1)c1ccccc1F. The molecule has 0 N–H and O–H groups in total. The molecular formula is C15H9F2NO. The van der Waals surface area contributed by atoms with E-state index in [1.807, 2.05) is 0 Å². The lowest BCUT2D eigenvalue weighted by molar-refractivity contribution is 0.0977. The van der Waals surface area contributed by atoms with Crippen LogP contribution in [0.4, 0.5) is 8.78 Å². The Kier molecular flexibility index (Phi) is 3.67. The van der Waals surface area contributed by atoms with Crippen LogP contribution in [-0.4, -0.2) is 5.78 Å². The van der Waals surface area contributed by atoms with E-state index in [1.54, 1.807) is 12.1 Å². The first-order valence-electron chi connectivity index (χ1n) is 5.57. The fourth-order valence-electron chi connectivity index (χ4n) is 1.76. The van der Waals surface area contributed by atoms with E-state index < -0.39 is 23.3 Å². The molecule has 0 heterocycles. The monoisotopic (exact) mass is 257 g/mol. The number of hydrogen-bond acceptors (Lipinski definition) is 2. The van der Waals surface area contributed by atoms with Crippen molar-refractivity contribution in [1.29, 1.82) is 5.26 Å². The lowest BCUT2D eigenvalue weighted by atomic mass is 9.91. The minimum Gasteiger partial charge on any atom is -0.292 e. The van der Waals surface area contributed by atoms with Crippen LogP contribution in [0.3, 0.4) is 0 Å². The first-order valence-corrected chi connectivity index (χ1v) is 5.57. The number of halogens is 2. The molecule has 0 aliphatic heterocycles. The average molecular weight is 257 g/mol. The molecule has 0 spiro atoms. The zero-order chi connectivity index (χ0) is 13.8. The summed E-state index contributed by atoms with van der Waals surface area (Å²) >= 11 is 0. The molecule has 1 unspecified atom stereocenters. The van der Waals surface area contributed by atoms with E-state index in [9.17, 15) is 13.6 Å². The van der Waals surface area contributed by atoms with E-state index in [2.05, 4.69) is 0 Å². The third-order valence-corrected chi connectivity index (χ3v) is 2.74. The smallest absolute Gasteiger partial charge is 0.184 e. The molecule has 0 aromatic heterocycles. The highest BCUT2D eigenvalue weighted by Crippen LogP contribution is 2.23. The molecule has 19 heavy (non-hydrogen) atoms. The van der Waals surface area contributed by atoms with Crippen LogP contribution < -0.4 is 0 Å². The average Bonchev–Trinajstić information content (AvgIpc) is 2.42. The molecule has 2 aromatic rings. The molecule has 0 aliphatic carbocycles. The van der Waals surface area contributed by atoms with E-state index in [0.717, 1.165) is 12.1 Å². The number of carbonyl (C=O) groups excluding carboxylic acids is 1. The van der Waals surface area contributed by atoms with Crippen molar-refractivity contribution in [1.82, 2.24) is 0 Å². The van der Waals surface area contributed by atoms with E-state index in [0.29, 0.717) is 0 Å². The van der Waals surface area contributed by atoms with Crippen LogP contribution in [0, 0.1) is 23.0 Å². The van der Waals surface area contributed by atoms with Gasteiger partial charge in [-0.2, -0.15) is 5.26 Å². The van der Waals surface area contributed by atoms with Crippen LogP contribution in [0.25, 0.3) is 0 Å². The zero-order valence-corrected chi connectivity index (χ0v) is 9.81. The molecular weight excluding hydrogens is 248 g/mol. The summed E-state index contributed by atoms with van der Waals surface area (Å²) in [6.07, 6.45) is 0. The van der Waals surface area contributed by atoms with E-state index in [1.165, 1.54) is 30.3 Å². The zero-order valence-electron chi connectivity index (χ0n) is 9.81. The second-order valence-electron chi connectivity index (χ2n) is 3.95. The molecule has 0 bridgehead atoms. The standard InChI is InChI=1S/C15H9F2NO/c16-11-7-5-10(6-8-11)15(19)13(9-18)12-3-1-2-4-14(12)17/h1-8,13H. The summed E-state index contributed by atoms with van der Waals surface area (Å²) in [6, 6.07) is 12.2. The highest BCUT2D eigenvalue weighted by molar-refractivity contribution is 6.02. The summed E-state index contributed by atoms with van der Waals surface area (Å²) in [5.74, 6) is -2.86. The Hall–Kier alpha value is -2.54. The minimum absolute atomic E-state index is 0.0272. The Morgan fingerprint density at radius 2 is 1.68 bits per heavy atom. The molecule has 0 saturated heterocycles. The highest BCUT2D eigenvalue weighted by atomic mass is 19.1. The van der Waals surface area contributed by atoms with Gasteiger partial charge in [-0.1, -0.05) is 18.2 Å². The predicted octanol–water partition coefficient (Wildman–Crippen LogP) is 3.45. The van der Waals surface area contributed by atoms with Gasteiger partial charge in [-0.05, 0) is 30.3 Å². The lowest BCUT2D eigenvalue weighted by Gasteiger charge is -2.09. The molecule has 2 aromatic carbocycles. The number of benzene rings is 2. The van der Waals surface area contributed by atoms with Crippen LogP contribution in [-0.2, 0) is 0 Å². The van der Waals surface area contributed by atoms with Crippen molar-refractivity contribution in [2.45, 2.75) is 5.92 Å². The van der Waals surface area contributed by atoms with Gasteiger partial charge in [-0.25, -0.2) is 8.78 Å². The van der Waals surface area contributed by atoms with Crippen molar-refractivity contribution in [2.24, 2.45) is 0 Å². The van der Waals surface area contributed by atoms with E-state index in [-0.39, 0.29) is 11.1 Å². The molecule has 0 fully saturated rings. The van der Waals surface area contributed by atoms with Crippen molar-refractivity contribution >= 4 is 5.78 Å². The van der Waals surface area contributed by atoms with Crippen LogP contribution in [0.1, 0.15) is 21.8 Å². The minimum atomic E-state index is -1.23. The maximum atomic E-state index is 13.6. The summed E-state index contributed by atoms with van der Waals surface area (Å²) in [4.78, 5) is 12.1. The topological polar surface area (TPSA) is 40.9 Å². The van der Waals surface area contributed by atoms with Crippen molar-refractivity contribution in [2.75, 3.05) is 0 Å². The quantitative estimate of drug-likeness (QED) is 0.790.